The van der Waals surface area contributed by atoms with Crippen LogP contribution in [0.15, 0.2) is 48.8 Å². The van der Waals surface area contributed by atoms with E-state index in [-0.39, 0.29) is 0 Å². The van der Waals surface area contributed by atoms with Gasteiger partial charge in [-0.05, 0) is 36.8 Å². The first-order valence-electron chi connectivity index (χ1n) is 5.44. The predicted molar refractivity (Wildman–Crippen MR) is 70.4 cm³/mol. The molecule has 0 saturated carbocycles. The Kier molecular flexibility index (Phi) is 2.37. The van der Waals surface area contributed by atoms with Crippen LogP contribution in [-0.2, 0) is 0 Å². The molecule has 0 aliphatic carbocycles. The molecule has 0 saturated heterocycles. The maximum atomic E-state index is 6.19. The van der Waals surface area contributed by atoms with Gasteiger partial charge in [0.25, 0.3) is 0 Å². The van der Waals surface area contributed by atoms with Gasteiger partial charge in [-0.15, -0.1) is 0 Å². The lowest BCUT2D eigenvalue weighted by molar-refractivity contribution is 1.15. The average Bonchev–Trinajstić information content (AvgIpc) is 2.72. The van der Waals surface area contributed by atoms with Gasteiger partial charge in [0.15, 0.2) is 0 Å². The lowest BCUT2D eigenvalue weighted by Gasteiger charge is -2.03. The zero-order valence-electron chi connectivity index (χ0n) is 9.39. The summed E-state index contributed by atoms with van der Waals surface area (Å²) in [7, 11) is 0. The Labute approximate surface area is 104 Å². The second-order valence-electron chi connectivity index (χ2n) is 4.06. The van der Waals surface area contributed by atoms with Crippen LogP contribution in [0, 0.1) is 6.92 Å². The lowest BCUT2D eigenvalue weighted by Crippen LogP contribution is -1.90. The Bertz CT molecular complexity index is 686. The van der Waals surface area contributed by atoms with E-state index in [0.29, 0.717) is 0 Å². The fourth-order valence-electron chi connectivity index (χ4n) is 1.95. The first kappa shape index (κ1) is 10.4. The highest BCUT2D eigenvalue weighted by Gasteiger charge is 2.08. The number of hydrogen-bond acceptors (Lipinski definition) is 1. The van der Waals surface area contributed by atoms with Crippen LogP contribution in [0.3, 0.4) is 0 Å². The number of rotatable bonds is 1. The van der Waals surface area contributed by atoms with Gasteiger partial charge in [0.1, 0.15) is 5.82 Å². The standard InChI is InChI=1S/C14H11ClN2/c1-10-6-7-17-11(8-10)9-16-14(17)12-4-2-3-5-13(12)15/h2-9H,1H3. The highest BCUT2D eigenvalue weighted by Crippen LogP contribution is 2.27. The number of nitrogens with zero attached hydrogens (tertiary/aromatic N) is 2. The van der Waals surface area contributed by atoms with E-state index in [9.17, 15) is 0 Å². The van der Waals surface area contributed by atoms with E-state index in [1.54, 1.807) is 0 Å². The van der Waals surface area contributed by atoms with Gasteiger partial charge in [0.2, 0.25) is 0 Å². The van der Waals surface area contributed by atoms with E-state index in [1.807, 2.05) is 41.1 Å². The maximum absolute atomic E-state index is 6.19. The van der Waals surface area contributed by atoms with Crippen molar-refractivity contribution in [1.82, 2.24) is 9.38 Å². The van der Waals surface area contributed by atoms with Crippen LogP contribution in [0.1, 0.15) is 5.56 Å². The second kappa shape index (κ2) is 3.90. The Morgan fingerprint density at radius 2 is 2.00 bits per heavy atom. The summed E-state index contributed by atoms with van der Waals surface area (Å²) in [4.78, 5) is 4.45. The van der Waals surface area contributed by atoms with Crippen molar-refractivity contribution < 1.29 is 0 Å². The van der Waals surface area contributed by atoms with Crippen molar-refractivity contribution in [2.24, 2.45) is 0 Å². The van der Waals surface area contributed by atoms with Crippen LogP contribution in [0.25, 0.3) is 16.9 Å². The SMILES string of the molecule is Cc1ccn2c(-c3ccccc3Cl)ncc2c1. The number of aryl methyl sites for hydroxylation is 1. The van der Waals surface area contributed by atoms with Crippen LogP contribution in [-0.4, -0.2) is 9.38 Å². The van der Waals surface area contributed by atoms with Crippen molar-refractivity contribution >= 4 is 17.1 Å². The first-order valence-corrected chi connectivity index (χ1v) is 5.82. The van der Waals surface area contributed by atoms with Gasteiger partial charge in [-0.25, -0.2) is 4.98 Å². The van der Waals surface area contributed by atoms with E-state index < -0.39 is 0 Å². The van der Waals surface area contributed by atoms with E-state index in [2.05, 4.69) is 24.0 Å². The lowest BCUT2D eigenvalue weighted by atomic mass is 10.2. The van der Waals surface area contributed by atoms with Crippen LogP contribution in [0.2, 0.25) is 5.02 Å². The molecule has 84 valence electrons. The molecule has 2 heterocycles. The van der Waals surface area contributed by atoms with Crippen molar-refractivity contribution in [3.05, 3.63) is 59.4 Å². The fraction of sp³-hybridized carbons (Fsp3) is 0.0714. The molecular formula is C14H11ClN2. The minimum absolute atomic E-state index is 0.723. The Morgan fingerprint density at radius 3 is 2.82 bits per heavy atom. The van der Waals surface area contributed by atoms with Gasteiger partial charge in [0, 0.05) is 11.8 Å². The predicted octanol–water partition coefficient (Wildman–Crippen LogP) is 3.96. The molecule has 0 N–H and O–H groups in total. The van der Waals surface area contributed by atoms with Gasteiger partial charge in [-0.2, -0.15) is 0 Å². The van der Waals surface area contributed by atoms with E-state index in [4.69, 9.17) is 11.6 Å². The van der Waals surface area contributed by atoms with Crippen LogP contribution < -0.4 is 0 Å². The van der Waals surface area contributed by atoms with Crippen molar-refractivity contribution in [2.45, 2.75) is 6.92 Å². The van der Waals surface area contributed by atoms with E-state index in [1.165, 1.54) is 5.56 Å². The molecule has 3 heteroatoms. The zero-order chi connectivity index (χ0) is 11.8. The number of imidazole rings is 1. The third-order valence-electron chi connectivity index (χ3n) is 2.80. The van der Waals surface area contributed by atoms with Gasteiger partial charge < -0.3 is 0 Å². The second-order valence-corrected chi connectivity index (χ2v) is 4.47. The molecule has 17 heavy (non-hydrogen) atoms. The van der Waals surface area contributed by atoms with Crippen molar-refractivity contribution in [1.29, 1.82) is 0 Å². The summed E-state index contributed by atoms with van der Waals surface area (Å²) in [6.45, 7) is 2.07. The Balaban J connectivity index is 2.29. The first-order chi connectivity index (χ1) is 8.25. The minimum Gasteiger partial charge on any atom is -0.300 e. The molecule has 0 unspecified atom stereocenters. The molecule has 0 radical (unpaired) electrons. The van der Waals surface area contributed by atoms with Crippen LogP contribution >= 0.6 is 11.6 Å². The van der Waals surface area contributed by atoms with Crippen molar-refractivity contribution in [2.75, 3.05) is 0 Å². The smallest absolute Gasteiger partial charge is 0.145 e. The number of fused-ring (bicyclic) bond motifs is 1. The number of halogens is 1. The van der Waals surface area contributed by atoms with E-state index in [0.717, 1.165) is 21.9 Å². The van der Waals surface area contributed by atoms with Gasteiger partial charge in [-0.3, -0.25) is 4.40 Å². The summed E-state index contributed by atoms with van der Waals surface area (Å²) in [5, 5.41) is 0.723. The molecule has 0 fully saturated rings. The normalized spacial score (nSPS) is 10.9. The summed E-state index contributed by atoms with van der Waals surface area (Å²) >= 11 is 6.19. The molecule has 0 aliphatic rings. The summed E-state index contributed by atoms with van der Waals surface area (Å²) in [5.74, 6) is 0.880. The number of hydrogen-bond donors (Lipinski definition) is 0. The largest absolute Gasteiger partial charge is 0.300 e. The minimum atomic E-state index is 0.723. The maximum Gasteiger partial charge on any atom is 0.145 e. The molecule has 3 rings (SSSR count). The molecule has 2 nitrogen and oxygen atoms in total. The fourth-order valence-corrected chi connectivity index (χ4v) is 2.17. The Morgan fingerprint density at radius 1 is 1.18 bits per heavy atom. The third kappa shape index (κ3) is 1.71. The van der Waals surface area contributed by atoms with Gasteiger partial charge in [-0.1, -0.05) is 23.7 Å². The average molecular weight is 243 g/mol. The topological polar surface area (TPSA) is 17.3 Å². The van der Waals surface area contributed by atoms with Gasteiger partial charge >= 0.3 is 0 Å². The van der Waals surface area contributed by atoms with Crippen molar-refractivity contribution in [3.63, 3.8) is 0 Å². The monoisotopic (exact) mass is 242 g/mol. The van der Waals surface area contributed by atoms with Crippen LogP contribution in [0.4, 0.5) is 0 Å². The third-order valence-corrected chi connectivity index (χ3v) is 3.13. The number of aromatic nitrogens is 2. The highest BCUT2D eigenvalue weighted by atomic mass is 35.5. The summed E-state index contributed by atoms with van der Waals surface area (Å²) in [5.41, 5.74) is 3.26. The van der Waals surface area contributed by atoms with Crippen LogP contribution in [0.5, 0.6) is 0 Å². The molecule has 2 aromatic heterocycles. The number of benzene rings is 1. The summed E-state index contributed by atoms with van der Waals surface area (Å²) in [6, 6.07) is 11.9. The quantitative estimate of drug-likeness (QED) is 0.631. The van der Waals surface area contributed by atoms with E-state index >= 15 is 0 Å². The molecular weight excluding hydrogens is 232 g/mol. The van der Waals surface area contributed by atoms with Gasteiger partial charge in [0.05, 0.1) is 16.7 Å². The number of pyridine rings is 1. The molecule has 1 aromatic carbocycles. The summed E-state index contributed by atoms with van der Waals surface area (Å²) in [6.07, 6.45) is 3.89. The molecule has 0 aliphatic heterocycles. The summed E-state index contributed by atoms with van der Waals surface area (Å²) < 4.78 is 2.05. The molecule has 0 spiro atoms. The molecule has 0 bridgehead atoms. The highest BCUT2D eigenvalue weighted by molar-refractivity contribution is 6.33. The zero-order valence-corrected chi connectivity index (χ0v) is 10.1. The Hall–Kier alpha value is -1.80. The van der Waals surface area contributed by atoms with Crippen molar-refractivity contribution in [3.8, 4) is 11.4 Å². The molecule has 0 atom stereocenters. The molecule has 0 amide bonds. The molecule has 3 aromatic rings.